The number of allylic oxidation sites excluding steroid dienone is 6. The number of aliphatic carboxylic acids is 1. The molecule has 0 aromatic heterocycles. The van der Waals surface area contributed by atoms with Gasteiger partial charge >= 0.3 is 5.97 Å². The Morgan fingerprint density at radius 2 is 2.17 bits per heavy atom. The Hall–Kier alpha value is -2.10. The van der Waals surface area contributed by atoms with E-state index in [0.29, 0.717) is 18.4 Å². The molecule has 0 aromatic rings. The van der Waals surface area contributed by atoms with E-state index < -0.39 is 5.97 Å². The zero-order valence-electron chi connectivity index (χ0n) is 10.0. The van der Waals surface area contributed by atoms with Crippen molar-refractivity contribution in [1.29, 1.82) is 0 Å². The van der Waals surface area contributed by atoms with Crippen molar-refractivity contribution in [3.8, 4) is 0 Å². The maximum Gasteiger partial charge on any atom is 0.339 e. The summed E-state index contributed by atoms with van der Waals surface area (Å²) in [6, 6.07) is 0. The first kappa shape index (κ1) is 12.4. The second-order valence-corrected chi connectivity index (χ2v) is 4.78. The minimum atomic E-state index is -1.15. The van der Waals surface area contributed by atoms with Crippen molar-refractivity contribution in [3.63, 3.8) is 0 Å². The molecule has 2 rings (SSSR count). The lowest BCUT2D eigenvalue weighted by Crippen LogP contribution is -2.18. The summed E-state index contributed by atoms with van der Waals surface area (Å²) in [4.78, 5) is 21.9. The molecular formula is C14H14O4. The van der Waals surface area contributed by atoms with Gasteiger partial charge in [-0.1, -0.05) is 19.1 Å². The summed E-state index contributed by atoms with van der Waals surface area (Å²) in [5.74, 6) is -1.26. The fourth-order valence-corrected chi connectivity index (χ4v) is 2.21. The van der Waals surface area contributed by atoms with Gasteiger partial charge < -0.3 is 10.2 Å². The van der Waals surface area contributed by atoms with Crippen LogP contribution in [0.2, 0.25) is 0 Å². The Bertz CT molecular complexity index is 534. The maximum atomic E-state index is 11.1. The van der Waals surface area contributed by atoms with Crippen molar-refractivity contribution in [2.75, 3.05) is 0 Å². The second kappa shape index (κ2) is 4.29. The number of rotatable bonds is 2. The molecule has 4 nitrogen and oxygen atoms in total. The van der Waals surface area contributed by atoms with Crippen LogP contribution in [0.3, 0.4) is 0 Å². The summed E-state index contributed by atoms with van der Waals surface area (Å²) in [6.07, 6.45) is 8.40. The van der Waals surface area contributed by atoms with Gasteiger partial charge in [0.05, 0.1) is 5.57 Å². The summed E-state index contributed by atoms with van der Waals surface area (Å²) in [6.45, 7) is 1.96. The fraction of sp³-hybridized carbons (Fsp3) is 0.286. The summed E-state index contributed by atoms with van der Waals surface area (Å²) < 4.78 is 0. The zero-order chi connectivity index (χ0) is 13.3. The third-order valence-electron chi connectivity index (χ3n) is 3.48. The number of aldehydes is 1. The molecule has 0 amide bonds. The smallest absolute Gasteiger partial charge is 0.339 e. The molecule has 0 fully saturated rings. The molecule has 0 aliphatic heterocycles. The van der Waals surface area contributed by atoms with Gasteiger partial charge in [0.1, 0.15) is 12.0 Å². The highest BCUT2D eigenvalue weighted by Crippen LogP contribution is 2.42. The molecule has 0 spiro atoms. The lowest BCUT2D eigenvalue weighted by atomic mass is 9.75. The van der Waals surface area contributed by atoms with Crippen LogP contribution in [0.1, 0.15) is 19.8 Å². The van der Waals surface area contributed by atoms with Crippen LogP contribution < -0.4 is 0 Å². The van der Waals surface area contributed by atoms with Gasteiger partial charge in [-0.15, -0.1) is 0 Å². The highest BCUT2D eigenvalue weighted by atomic mass is 16.4. The number of carbonyl (C=O) groups excluding carboxylic acids is 1. The lowest BCUT2D eigenvalue weighted by molar-refractivity contribution is -0.132. The van der Waals surface area contributed by atoms with Gasteiger partial charge in [0.25, 0.3) is 0 Å². The van der Waals surface area contributed by atoms with E-state index >= 15 is 0 Å². The zero-order valence-corrected chi connectivity index (χ0v) is 10.0. The van der Waals surface area contributed by atoms with Crippen LogP contribution >= 0.6 is 0 Å². The largest absolute Gasteiger partial charge is 0.511 e. The van der Waals surface area contributed by atoms with Crippen LogP contribution in [0.25, 0.3) is 0 Å². The quantitative estimate of drug-likeness (QED) is 0.733. The number of fused-ring (bicyclic) bond motifs is 1. The van der Waals surface area contributed by atoms with Gasteiger partial charge in [-0.05, 0) is 24.1 Å². The molecule has 18 heavy (non-hydrogen) atoms. The monoisotopic (exact) mass is 246 g/mol. The Morgan fingerprint density at radius 3 is 2.78 bits per heavy atom. The van der Waals surface area contributed by atoms with E-state index in [1.54, 1.807) is 12.2 Å². The second-order valence-electron chi connectivity index (χ2n) is 4.78. The molecule has 2 aliphatic carbocycles. The molecular weight excluding hydrogens is 232 g/mol. The molecule has 0 aromatic carbocycles. The topological polar surface area (TPSA) is 74.6 Å². The highest BCUT2D eigenvalue weighted by molar-refractivity contribution is 5.91. The van der Waals surface area contributed by atoms with E-state index in [1.165, 1.54) is 6.08 Å². The van der Waals surface area contributed by atoms with Gasteiger partial charge in [-0.2, -0.15) is 0 Å². The number of carboxylic acid groups (broad SMARTS) is 1. The molecule has 0 saturated carbocycles. The molecule has 2 N–H and O–H groups in total. The van der Waals surface area contributed by atoms with E-state index in [2.05, 4.69) is 0 Å². The summed E-state index contributed by atoms with van der Waals surface area (Å²) in [7, 11) is 0. The summed E-state index contributed by atoms with van der Waals surface area (Å²) in [5, 5.41) is 18.8. The van der Waals surface area contributed by atoms with Gasteiger partial charge in [-0.3, -0.25) is 4.79 Å². The lowest BCUT2D eigenvalue weighted by Gasteiger charge is -2.29. The number of carbonyl (C=O) groups is 2. The molecule has 0 heterocycles. The third kappa shape index (κ3) is 2.01. The van der Waals surface area contributed by atoms with Gasteiger partial charge in [0.15, 0.2) is 0 Å². The van der Waals surface area contributed by atoms with Crippen molar-refractivity contribution >= 4 is 12.3 Å². The first-order valence-electron chi connectivity index (χ1n) is 5.70. The van der Waals surface area contributed by atoms with Gasteiger partial charge in [0.2, 0.25) is 0 Å². The van der Waals surface area contributed by atoms with Crippen molar-refractivity contribution in [2.24, 2.45) is 5.41 Å². The maximum absolute atomic E-state index is 11.1. The molecule has 2 aliphatic rings. The number of hydrogen-bond acceptors (Lipinski definition) is 3. The molecule has 94 valence electrons. The Labute approximate surface area is 105 Å². The van der Waals surface area contributed by atoms with Crippen LogP contribution in [0.4, 0.5) is 0 Å². The van der Waals surface area contributed by atoms with Crippen molar-refractivity contribution in [1.82, 2.24) is 0 Å². The van der Waals surface area contributed by atoms with E-state index in [0.717, 1.165) is 11.9 Å². The summed E-state index contributed by atoms with van der Waals surface area (Å²) in [5.41, 5.74) is 0.821. The predicted octanol–water partition coefficient (Wildman–Crippen LogP) is 2.30. The minimum Gasteiger partial charge on any atom is -0.511 e. The SMILES string of the molecule is CC12C=CC(C=O)=CC1=CC(C(=O)O)=C(O)CC2. The molecule has 1 unspecified atom stereocenters. The average molecular weight is 246 g/mol. The van der Waals surface area contributed by atoms with Gasteiger partial charge in [-0.25, -0.2) is 4.79 Å². The normalized spacial score (nSPS) is 26.9. The van der Waals surface area contributed by atoms with Crippen molar-refractivity contribution in [3.05, 3.63) is 46.8 Å². The minimum absolute atomic E-state index is 0.0921. The Kier molecular flexibility index (Phi) is 2.95. The van der Waals surface area contributed by atoms with E-state index in [4.69, 9.17) is 5.11 Å². The average Bonchev–Trinajstić information content (AvgIpc) is 2.46. The number of aliphatic hydroxyl groups is 1. The predicted molar refractivity (Wildman–Crippen MR) is 66.0 cm³/mol. The molecule has 0 radical (unpaired) electrons. The van der Waals surface area contributed by atoms with E-state index in [1.807, 2.05) is 13.0 Å². The van der Waals surface area contributed by atoms with Crippen LogP contribution in [-0.4, -0.2) is 22.5 Å². The van der Waals surface area contributed by atoms with Crippen LogP contribution in [0.5, 0.6) is 0 Å². The standard InChI is InChI=1S/C14H14O4/c1-14-4-2-9(8-15)6-10(14)7-11(13(17)18)12(16)3-5-14/h2,4,6-8,16H,3,5H2,1H3,(H,17,18). The van der Waals surface area contributed by atoms with Crippen LogP contribution in [-0.2, 0) is 9.59 Å². The molecule has 0 bridgehead atoms. The third-order valence-corrected chi connectivity index (χ3v) is 3.48. The first-order chi connectivity index (χ1) is 8.46. The van der Waals surface area contributed by atoms with E-state index in [-0.39, 0.29) is 16.7 Å². The first-order valence-corrected chi connectivity index (χ1v) is 5.70. The van der Waals surface area contributed by atoms with Gasteiger partial charge in [0, 0.05) is 17.4 Å². The molecule has 0 saturated heterocycles. The fourth-order valence-electron chi connectivity index (χ4n) is 2.21. The van der Waals surface area contributed by atoms with E-state index in [9.17, 15) is 14.7 Å². The van der Waals surface area contributed by atoms with Crippen molar-refractivity contribution in [2.45, 2.75) is 19.8 Å². The Balaban J connectivity index is 2.54. The van der Waals surface area contributed by atoms with Crippen molar-refractivity contribution < 1.29 is 19.8 Å². The Morgan fingerprint density at radius 1 is 1.44 bits per heavy atom. The van der Waals surface area contributed by atoms with Crippen LogP contribution in [0.15, 0.2) is 46.8 Å². The summed E-state index contributed by atoms with van der Waals surface area (Å²) >= 11 is 0. The highest BCUT2D eigenvalue weighted by Gasteiger charge is 2.31. The number of hydrogen-bond donors (Lipinski definition) is 2. The number of aliphatic hydroxyl groups excluding tert-OH is 1. The molecule has 1 atom stereocenters. The van der Waals surface area contributed by atoms with Crippen LogP contribution in [0, 0.1) is 5.41 Å². The molecule has 4 heteroatoms. The number of carboxylic acids is 1.